The third kappa shape index (κ3) is 1.73. The minimum atomic E-state index is 0.571. The van der Waals surface area contributed by atoms with Crippen molar-refractivity contribution < 1.29 is 0 Å². The van der Waals surface area contributed by atoms with E-state index in [1.54, 1.807) is 5.57 Å². The van der Waals surface area contributed by atoms with Gasteiger partial charge in [0.2, 0.25) is 0 Å². The lowest BCUT2D eigenvalue weighted by Crippen LogP contribution is -2.16. The van der Waals surface area contributed by atoms with Crippen LogP contribution in [0.25, 0.3) is 11.6 Å². The topological polar surface area (TPSA) is 0 Å². The zero-order valence-corrected chi connectivity index (χ0v) is 12.8. The summed E-state index contributed by atoms with van der Waals surface area (Å²) in [4.78, 5) is 0. The van der Waals surface area contributed by atoms with Crippen LogP contribution in [-0.4, -0.2) is 5.25 Å². The Balaban J connectivity index is 1.79. The van der Waals surface area contributed by atoms with E-state index < -0.39 is 0 Å². The summed E-state index contributed by atoms with van der Waals surface area (Å²) in [6, 6.07) is 2.29. The van der Waals surface area contributed by atoms with Crippen LogP contribution in [-0.2, 0) is 0 Å². The average molecular weight is 284 g/mol. The monoisotopic (exact) mass is 284 g/mol. The summed E-state index contributed by atoms with van der Waals surface area (Å²) >= 11 is 3.84. The normalized spacial score (nSPS) is 24.1. The first-order chi connectivity index (χ1) is 9.24. The lowest BCUT2D eigenvalue weighted by molar-refractivity contribution is 0.793. The van der Waals surface area contributed by atoms with Gasteiger partial charge in [-0.25, -0.2) is 0 Å². The van der Waals surface area contributed by atoms with E-state index in [9.17, 15) is 0 Å². The first-order valence-corrected chi connectivity index (χ1v) is 8.63. The van der Waals surface area contributed by atoms with Crippen LogP contribution in [0.4, 0.5) is 0 Å². The second-order valence-corrected chi connectivity index (χ2v) is 7.56. The number of rotatable bonds is 2. The molecule has 0 amide bonds. The van der Waals surface area contributed by atoms with E-state index in [4.69, 9.17) is 0 Å². The van der Waals surface area contributed by atoms with E-state index in [-0.39, 0.29) is 0 Å². The zero-order chi connectivity index (χ0) is 13.0. The predicted octanol–water partition coefficient (Wildman–Crippen LogP) is 3.60. The number of allylic oxidation sites excluding steroid dienone is 5. The molecule has 1 atom stereocenters. The van der Waals surface area contributed by atoms with Crippen LogP contribution in [0, 0.1) is 5.92 Å². The van der Waals surface area contributed by atoms with Gasteiger partial charge in [-0.1, -0.05) is 26.0 Å². The Kier molecular flexibility index (Phi) is 2.64. The molecule has 4 rings (SSSR count). The molecule has 0 nitrogen and oxygen atoms in total. The Labute approximate surface area is 121 Å². The number of hydrogen-bond donors (Lipinski definition) is 0. The fourth-order valence-corrected chi connectivity index (χ4v) is 5.16. The van der Waals surface area contributed by atoms with Crippen LogP contribution < -0.4 is 9.75 Å². The molecular formula is C17H16S2. The van der Waals surface area contributed by atoms with Crippen molar-refractivity contribution in [3.63, 3.8) is 0 Å². The van der Waals surface area contributed by atoms with Gasteiger partial charge in [0.15, 0.2) is 0 Å². The van der Waals surface area contributed by atoms with Crippen molar-refractivity contribution in [2.75, 3.05) is 0 Å². The van der Waals surface area contributed by atoms with Crippen molar-refractivity contribution in [2.24, 2.45) is 5.92 Å². The van der Waals surface area contributed by atoms with Gasteiger partial charge in [0.25, 0.3) is 0 Å². The summed E-state index contributed by atoms with van der Waals surface area (Å²) in [7, 11) is 0. The van der Waals surface area contributed by atoms with Crippen molar-refractivity contribution in [2.45, 2.75) is 25.5 Å². The largest absolute Gasteiger partial charge is 0.144 e. The highest BCUT2D eigenvalue weighted by Crippen LogP contribution is 2.44. The third-order valence-corrected chi connectivity index (χ3v) is 6.03. The Morgan fingerprint density at radius 1 is 1.32 bits per heavy atom. The van der Waals surface area contributed by atoms with Crippen molar-refractivity contribution >= 4 is 34.7 Å². The van der Waals surface area contributed by atoms with Gasteiger partial charge in [-0.15, -0.1) is 23.1 Å². The molecule has 0 radical (unpaired) electrons. The summed E-state index contributed by atoms with van der Waals surface area (Å²) < 4.78 is 1.47. The quantitative estimate of drug-likeness (QED) is 0.799. The smallest absolute Gasteiger partial charge is 0.0548 e. The van der Waals surface area contributed by atoms with Crippen molar-refractivity contribution in [1.82, 2.24) is 0 Å². The van der Waals surface area contributed by atoms with E-state index in [2.05, 4.69) is 48.9 Å². The van der Waals surface area contributed by atoms with Crippen molar-refractivity contribution in [1.29, 1.82) is 0 Å². The second-order valence-electron chi connectivity index (χ2n) is 5.60. The van der Waals surface area contributed by atoms with E-state index in [1.165, 1.54) is 26.5 Å². The van der Waals surface area contributed by atoms with Gasteiger partial charge >= 0.3 is 0 Å². The maximum absolute atomic E-state index is 2.43. The predicted molar refractivity (Wildman–Crippen MR) is 86.5 cm³/mol. The van der Waals surface area contributed by atoms with E-state index in [1.807, 2.05) is 23.1 Å². The van der Waals surface area contributed by atoms with Crippen LogP contribution in [0.3, 0.4) is 0 Å². The number of fused-ring (bicyclic) bond motifs is 2. The van der Waals surface area contributed by atoms with Gasteiger partial charge in [-0.3, -0.25) is 0 Å². The summed E-state index contributed by atoms with van der Waals surface area (Å²) in [5.41, 5.74) is 6.07. The first kappa shape index (κ1) is 11.8. The first-order valence-electron chi connectivity index (χ1n) is 6.80. The van der Waals surface area contributed by atoms with Gasteiger partial charge in [-0.2, -0.15) is 0 Å². The zero-order valence-electron chi connectivity index (χ0n) is 11.1. The number of thiophene rings is 1. The summed E-state index contributed by atoms with van der Waals surface area (Å²) in [5, 5.41) is 6.64. The molecule has 0 spiro atoms. The van der Waals surface area contributed by atoms with Crippen LogP contribution in [0.1, 0.15) is 20.3 Å². The Hall–Kier alpha value is -0.990. The molecule has 2 heteroatoms. The molecular weight excluding hydrogens is 268 g/mol. The van der Waals surface area contributed by atoms with E-state index in [0.717, 1.165) is 6.42 Å². The molecule has 19 heavy (non-hydrogen) atoms. The molecule has 0 saturated carbocycles. The molecule has 1 aromatic heterocycles. The van der Waals surface area contributed by atoms with Crippen LogP contribution in [0.5, 0.6) is 0 Å². The molecule has 3 aliphatic rings. The Bertz CT molecular complexity index is 753. The van der Waals surface area contributed by atoms with Crippen LogP contribution >= 0.6 is 23.1 Å². The molecule has 2 aliphatic carbocycles. The third-order valence-electron chi connectivity index (χ3n) is 4.11. The molecule has 0 N–H and O–H groups in total. The summed E-state index contributed by atoms with van der Waals surface area (Å²) in [6.45, 7) is 4.55. The highest BCUT2D eigenvalue weighted by atomic mass is 32.2. The van der Waals surface area contributed by atoms with Gasteiger partial charge < -0.3 is 0 Å². The van der Waals surface area contributed by atoms with Crippen molar-refractivity contribution in [3.8, 4) is 0 Å². The Morgan fingerprint density at radius 2 is 2.21 bits per heavy atom. The van der Waals surface area contributed by atoms with Gasteiger partial charge in [0.05, 0.1) is 5.25 Å². The van der Waals surface area contributed by atoms with Crippen LogP contribution in [0.2, 0.25) is 0 Å². The standard InChI is InChI=1S/C17H16S2/c1-10(2)11-3-4-12(7-11)14-9-19-16-8-15-13(17(14)16)5-6-18-15/h3,5-10,16H,4H2,1-2H3. The van der Waals surface area contributed by atoms with Gasteiger partial charge in [0, 0.05) is 4.53 Å². The maximum atomic E-state index is 2.43. The second kappa shape index (κ2) is 4.26. The minimum Gasteiger partial charge on any atom is -0.144 e. The summed E-state index contributed by atoms with van der Waals surface area (Å²) in [5.74, 6) is 0.639. The fraction of sp³-hybridized carbons (Fsp3) is 0.294. The molecule has 1 unspecified atom stereocenters. The van der Waals surface area contributed by atoms with Gasteiger partial charge in [-0.05, 0) is 62.8 Å². The molecule has 2 heterocycles. The fourth-order valence-electron chi connectivity index (χ4n) is 3.04. The highest BCUT2D eigenvalue weighted by molar-refractivity contribution is 8.04. The van der Waals surface area contributed by atoms with Crippen molar-refractivity contribution in [3.05, 3.63) is 55.5 Å². The molecule has 0 bridgehead atoms. The Morgan fingerprint density at radius 3 is 3.00 bits per heavy atom. The van der Waals surface area contributed by atoms with Gasteiger partial charge in [0.1, 0.15) is 0 Å². The lowest BCUT2D eigenvalue weighted by atomic mass is 9.96. The average Bonchev–Trinajstić information content (AvgIpc) is 3.08. The maximum Gasteiger partial charge on any atom is 0.0548 e. The SMILES string of the molecule is CC(C)C1=CCC(C2=CSC3C=c4sccc4=C23)=C1. The van der Waals surface area contributed by atoms with Crippen LogP contribution in [0.15, 0.2) is 45.7 Å². The number of hydrogen-bond acceptors (Lipinski definition) is 2. The molecule has 96 valence electrons. The molecule has 0 aromatic carbocycles. The molecule has 0 saturated heterocycles. The van der Waals surface area contributed by atoms with E-state index in [0.29, 0.717) is 11.2 Å². The van der Waals surface area contributed by atoms with E-state index >= 15 is 0 Å². The molecule has 1 aromatic rings. The number of thioether (sulfide) groups is 1. The minimum absolute atomic E-state index is 0.571. The molecule has 1 aliphatic heterocycles. The summed E-state index contributed by atoms with van der Waals surface area (Å²) in [6.07, 6.45) is 8.34. The lowest BCUT2D eigenvalue weighted by Gasteiger charge is -2.08. The molecule has 0 fully saturated rings. The highest BCUT2D eigenvalue weighted by Gasteiger charge is 2.29.